The van der Waals surface area contributed by atoms with E-state index in [1.165, 1.54) is 0 Å². The lowest BCUT2D eigenvalue weighted by Gasteiger charge is -2.35. The standard InChI is InChI=1S/C24H28N4O2/c1-18(19(2)27-13-15-30-16-14-27)25-24(29)22-17-28(21-11-7-4-8-12-21)26-23(22)20-9-5-3-6-10-20/h3-12,17-19H,13-16H2,1-2H3,(H,25,29). The molecule has 30 heavy (non-hydrogen) atoms. The third-order valence-corrected chi connectivity index (χ3v) is 5.73. The number of hydrogen-bond acceptors (Lipinski definition) is 4. The normalized spacial score (nSPS) is 16.7. The Balaban J connectivity index is 1.60. The predicted molar refractivity (Wildman–Crippen MR) is 118 cm³/mol. The van der Waals surface area contributed by atoms with E-state index in [4.69, 9.17) is 9.84 Å². The van der Waals surface area contributed by atoms with Gasteiger partial charge in [0.2, 0.25) is 0 Å². The lowest BCUT2D eigenvalue weighted by Crippen LogP contribution is -2.52. The van der Waals surface area contributed by atoms with Crippen LogP contribution >= 0.6 is 0 Å². The van der Waals surface area contributed by atoms with Gasteiger partial charge >= 0.3 is 0 Å². The highest BCUT2D eigenvalue weighted by molar-refractivity contribution is 6.00. The number of hydrogen-bond donors (Lipinski definition) is 1. The quantitative estimate of drug-likeness (QED) is 0.684. The molecule has 0 radical (unpaired) electrons. The van der Waals surface area contributed by atoms with Crippen LogP contribution in [0.25, 0.3) is 16.9 Å². The molecule has 3 aromatic rings. The number of benzene rings is 2. The van der Waals surface area contributed by atoms with E-state index in [9.17, 15) is 4.79 Å². The molecule has 0 aliphatic carbocycles. The summed E-state index contributed by atoms with van der Waals surface area (Å²) in [6.07, 6.45) is 1.82. The van der Waals surface area contributed by atoms with E-state index in [1.54, 1.807) is 4.68 Å². The molecule has 6 heteroatoms. The Bertz CT molecular complexity index is 965. The molecule has 6 nitrogen and oxygen atoms in total. The van der Waals surface area contributed by atoms with E-state index in [0.29, 0.717) is 11.3 Å². The Morgan fingerprint density at radius 2 is 1.63 bits per heavy atom. The summed E-state index contributed by atoms with van der Waals surface area (Å²) in [5.74, 6) is -0.108. The molecule has 2 heterocycles. The van der Waals surface area contributed by atoms with Crippen molar-refractivity contribution in [3.63, 3.8) is 0 Å². The highest BCUT2D eigenvalue weighted by atomic mass is 16.5. The summed E-state index contributed by atoms with van der Waals surface area (Å²) in [4.78, 5) is 15.6. The van der Waals surface area contributed by atoms with E-state index < -0.39 is 0 Å². The van der Waals surface area contributed by atoms with Crippen molar-refractivity contribution in [1.82, 2.24) is 20.0 Å². The molecule has 1 saturated heterocycles. The van der Waals surface area contributed by atoms with Gasteiger partial charge in [-0.25, -0.2) is 4.68 Å². The van der Waals surface area contributed by atoms with Crippen molar-refractivity contribution in [3.05, 3.63) is 72.4 Å². The molecular weight excluding hydrogens is 376 g/mol. The van der Waals surface area contributed by atoms with Crippen LogP contribution < -0.4 is 5.32 Å². The highest BCUT2D eigenvalue weighted by Crippen LogP contribution is 2.24. The summed E-state index contributed by atoms with van der Waals surface area (Å²) in [5, 5.41) is 7.94. The molecule has 2 atom stereocenters. The molecular formula is C24H28N4O2. The molecule has 0 spiro atoms. The molecule has 1 aliphatic rings. The van der Waals surface area contributed by atoms with Gasteiger partial charge in [0.05, 0.1) is 24.5 Å². The number of aromatic nitrogens is 2. The monoisotopic (exact) mass is 404 g/mol. The second-order valence-corrected chi connectivity index (χ2v) is 7.69. The zero-order valence-electron chi connectivity index (χ0n) is 17.5. The van der Waals surface area contributed by atoms with Crippen molar-refractivity contribution < 1.29 is 9.53 Å². The minimum absolute atomic E-state index is 0.000649. The number of nitrogens with one attached hydrogen (secondary N) is 1. The molecule has 1 amide bonds. The predicted octanol–water partition coefficient (Wildman–Crippen LogP) is 3.38. The maximum Gasteiger partial charge on any atom is 0.255 e. The van der Waals surface area contributed by atoms with Crippen LogP contribution in [0.4, 0.5) is 0 Å². The molecule has 0 saturated carbocycles. The molecule has 0 bridgehead atoms. The largest absolute Gasteiger partial charge is 0.379 e. The maximum atomic E-state index is 13.3. The number of amides is 1. The Morgan fingerprint density at radius 1 is 1.00 bits per heavy atom. The minimum atomic E-state index is -0.108. The first-order valence-electron chi connectivity index (χ1n) is 10.5. The van der Waals surface area contributed by atoms with Crippen LogP contribution in [0.5, 0.6) is 0 Å². The molecule has 1 N–H and O–H groups in total. The van der Waals surface area contributed by atoms with Gasteiger partial charge < -0.3 is 10.1 Å². The van der Waals surface area contributed by atoms with Crippen LogP contribution in [0.2, 0.25) is 0 Å². The second kappa shape index (κ2) is 9.24. The van der Waals surface area contributed by atoms with E-state index in [2.05, 4.69) is 24.1 Å². The van der Waals surface area contributed by atoms with Gasteiger partial charge in [-0.3, -0.25) is 9.69 Å². The fourth-order valence-corrected chi connectivity index (χ4v) is 3.77. The zero-order chi connectivity index (χ0) is 20.9. The third kappa shape index (κ3) is 4.45. The molecule has 2 unspecified atom stereocenters. The van der Waals surface area contributed by atoms with Gasteiger partial charge in [0.15, 0.2) is 0 Å². The van der Waals surface area contributed by atoms with Gasteiger partial charge in [0, 0.05) is 36.9 Å². The Kier molecular flexibility index (Phi) is 6.26. The summed E-state index contributed by atoms with van der Waals surface area (Å²) >= 11 is 0. The van der Waals surface area contributed by atoms with Crippen LogP contribution in [0.3, 0.4) is 0 Å². The van der Waals surface area contributed by atoms with Crippen molar-refractivity contribution in [1.29, 1.82) is 0 Å². The van der Waals surface area contributed by atoms with Crippen LogP contribution in [-0.2, 0) is 4.74 Å². The number of para-hydroxylation sites is 1. The van der Waals surface area contributed by atoms with Gasteiger partial charge in [-0.2, -0.15) is 5.10 Å². The van der Waals surface area contributed by atoms with E-state index in [1.807, 2.05) is 66.9 Å². The van der Waals surface area contributed by atoms with Crippen molar-refractivity contribution in [2.45, 2.75) is 25.9 Å². The SMILES string of the molecule is CC(NC(=O)c1cn(-c2ccccc2)nc1-c1ccccc1)C(C)N1CCOCC1. The van der Waals surface area contributed by atoms with Crippen molar-refractivity contribution >= 4 is 5.91 Å². The molecule has 1 fully saturated rings. The molecule has 156 valence electrons. The highest BCUT2D eigenvalue weighted by Gasteiger charge is 2.25. The number of ether oxygens (including phenoxy) is 1. The van der Waals surface area contributed by atoms with E-state index >= 15 is 0 Å². The fourth-order valence-electron chi connectivity index (χ4n) is 3.77. The first kappa shape index (κ1) is 20.3. The summed E-state index contributed by atoms with van der Waals surface area (Å²) in [6, 6.07) is 19.9. The summed E-state index contributed by atoms with van der Waals surface area (Å²) in [5.41, 5.74) is 3.10. The first-order valence-corrected chi connectivity index (χ1v) is 10.5. The van der Waals surface area contributed by atoms with Gasteiger partial charge in [0.1, 0.15) is 5.69 Å². The van der Waals surface area contributed by atoms with Crippen molar-refractivity contribution in [2.75, 3.05) is 26.3 Å². The number of morpholine rings is 1. The second-order valence-electron chi connectivity index (χ2n) is 7.69. The molecule has 4 rings (SSSR count). The number of carbonyl (C=O) groups is 1. The van der Waals surface area contributed by atoms with Crippen LogP contribution in [0.15, 0.2) is 66.9 Å². The summed E-state index contributed by atoms with van der Waals surface area (Å²) in [6.45, 7) is 7.48. The Labute approximate surface area is 177 Å². The van der Waals surface area contributed by atoms with Crippen LogP contribution in [0, 0.1) is 0 Å². The summed E-state index contributed by atoms with van der Waals surface area (Å²) in [7, 11) is 0. The first-order chi connectivity index (χ1) is 14.6. The molecule has 1 aromatic heterocycles. The zero-order valence-corrected chi connectivity index (χ0v) is 17.5. The van der Waals surface area contributed by atoms with E-state index in [-0.39, 0.29) is 18.0 Å². The van der Waals surface area contributed by atoms with Gasteiger partial charge in [-0.15, -0.1) is 0 Å². The number of carbonyl (C=O) groups excluding carboxylic acids is 1. The van der Waals surface area contributed by atoms with Crippen molar-refractivity contribution in [3.8, 4) is 16.9 Å². The number of rotatable bonds is 6. The molecule has 1 aliphatic heterocycles. The van der Waals surface area contributed by atoms with Crippen molar-refractivity contribution in [2.24, 2.45) is 0 Å². The van der Waals surface area contributed by atoms with Gasteiger partial charge in [-0.05, 0) is 26.0 Å². The number of nitrogens with zero attached hydrogens (tertiary/aromatic N) is 3. The Hall–Kier alpha value is -2.96. The van der Waals surface area contributed by atoms with Crippen LogP contribution in [0.1, 0.15) is 24.2 Å². The molecule has 2 aromatic carbocycles. The average molecular weight is 405 g/mol. The fraction of sp³-hybridized carbons (Fsp3) is 0.333. The van der Waals surface area contributed by atoms with E-state index in [0.717, 1.165) is 37.6 Å². The van der Waals surface area contributed by atoms with Gasteiger partial charge in [0.25, 0.3) is 5.91 Å². The summed E-state index contributed by atoms with van der Waals surface area (Å²) < 4.78 is 7.22. The van der Waals surface area contributed by atoms with Crippen LogP contribution in [-0.4, -0.2) is 59.0 Å². The Morgan fingerprint density at radius 3 is 2.30 bits per heavy atom. The third-order valence-electron chi connectivity index (χ3n) is 5.73. The maximum absolute atomic E-state index is 13.3. The minimum Gasteiger partial charge on any atom is -0.379 e. The smallest absolute Gasteiger partial charge is 0.255 e. The topological polar surface area (TPSA) is 59.4 Å². The van der Waals surface area contributed by atoms with Gasteiger partial charge in [-0.1, -0.05) is 48.5 Å². The average Bonchev–Trinajstić information content (AvgIpc) is 3.26. The lowest BCUT2D eigenvalue weighted by molar-refractivity contribution is 0.0137. The lowest BCUT2D eigenvalue weighted by atomic mass is 10.1.